The number of carbonyl (C=O) groups is 2. The number of hydrogen-bond donors (Lipinski definition) is 2. The van der Waals surface area contributed by atoms with Crippen molar-refractivity contribution in [2.75, 3.05) is 6.54 Å². The Morgan fingerprint density at radius 3 is 2.48 bits per heavy atom. The Morgan fingerprint density at radius 2 is 1.95 bits per heavy atom. The fourth-order valence-electron chi connectivity index (χ4n) is 2.14. The molecule has 0 bridgehead atoms. The van der Waals surface area contributed by atoms with E-state index in [9.17, 15) is 14.0 Å². The lowest BCUT2D eigenvalue weighted by atomic mass is 9.96. The summed E-state index contributed by atoms with van der Waals surface area (Å²) >= 11 is 0. The van der Waals surface area contributed by atoms with E-state index in [0.29, 0.717) is 12.0 Å². The molecule has 116 valence electrons. The smallest absolute Gasteiger partial charge is 0.308 e. The fraction of sp³-hybridized carbons (Fsp3) is 0.500. The molecule has 0 saturated heterocycles. The molecule has 2 atom stereocenters. The van der Waals surface area contributed by atoms with E-state index < -0.39 is 23.6 Å². The molecule has 0 fully saturated rings. The van der Waals surface area contributed by atoms with E-state index >= 15 is 0 Å². The van der Waals surface area contributed by atoms with Crippen molar-refractivity contribution < 1.29 is 19.1 Å². The lowest BCUT2D eigenvalue weighted by Gasteiger charge is -2.17. The molecule has 0 spiro atoms. The SMILES string of the molecule is CC(C)CC(CNC(=O)C(C)c1cccc(F)c1)C(=O)O. The molecule has 0 aliphatic carbocycles. The molecule has 0 radical (unpaired) electrons. The quantitative estimate of drug-likeness (QED) is 0.813. The van der Waals surface area contributed by atoms with Crippen LogP contribution in [0, 0.1) is 17.7 Å². The molecule has 21 heavy (non-hydrogen) atoms. The van der Waals surface area contributed by atoms with Gasteiger partial charge in [0.1, 0.15) is 5.82 Å². The lowest BCUT2D eigenvalue weighted by Crippen LogP contribution is -2.35. The molecule has 2 N–H and O–H groups in total. The average molecular weight is 295 g/mol. The number of aliphatic carboxylic acids is 1. The second-order valence-corrected chi connectivity index (χ2v) is 5.69. The standard InChI is InChI=1S/C16H22FNO3/c1-10(2)7-13(16(20)21)9-18-15(19)11(3)12-5-4-6-14(17)8-12/h4-6,8,10-11,13H,7,9H2,1-3H3,(H,18,19)(H,20,21). The number of nitrogens with one attached hydrogen (secondary N) is 1. The van der Waals surface area contributed by atoms with E-state index in [4.69, 9.17) is 5.11 Å². The van der Waals surface area contributed by atoms with E-state index in [-0.39, 0.29) is 18.4 Å². The van der Waals surface area contributed by atoms with Crippen LogP contribution in [0.25, 0.3) is 0 Å². The Balaban J connectivity index is 2.61. The van der Waals surface area contributed by atoms with Crippen LogP contribution in [-0.2, 0) is 9.59 Å². The first-order valence-electron chi connectivity index (χ1n) is 7.07. The lowest BCUT2D eigenvalue weighted by molar-refractivity contribution is -0.142. The van der Waals surface area contributed by atoms with Crippen molar-refractivity contribution in [3.63, 3.8) is 0 Å². The first kappa shape index (κ1) is 17.1. The Hall–Kier alpha value is -1.91. The number of hydrogen-bond acceptors (Lipinski definition) is 2. The molecule has 5 heteroatoms. The maximum Gasteiger partial charge on any atom is 0.308 e. The van der Waals surface area contributed by atoms with Crippen LogP contribution in [0.1, 0.15) is 38.7 Å². The summed E-state index contributed by atoms with van der Waals surface area (Å²) in [4.78, 5) is 23.2. The summed E-state index contributed by atoms with van der Waals surface area (Å²) < 4.78 is 13.1. The molecule has 1 aromatic carbocycles. The van der Waals surface area contributed by atoms with E-state index in [1.165, 1.54) is 12.1 Å². The number of benzene rings is 1. The van der Waals surface area contributed by atoms with Crippen molar-refractivity contribution in [2.24, 2.45) is 11.8 Å². The van der Waals surface area contributed by atoms with Crippen molar-refractivity contribution in [1.82, 2.24) is 5.32 Å². The third-order valence-corrected chi connectivity index (χ3v) is 3.37. The first-order valence-corrected chi connectivity index (χ1v) is 7.07. The highest BCUT2D eigenvalue weighted by atomic mass is 19.1. The van der Waals surface area contributed by atoms with Crippen molar-refractivity contribution in [2.45, 2.75) is 33.1 Å². The Kier molecular flexibility index (Phi) is 6.34. The summed E-state index contributed by atoms with van der Waals surface area (Å²) in [5, 5.41) is 11.8. The Bertz CT molecular complexity index is 502. The van der Waals surface area contributed by atoms with Gasteiger partial charge in [0.05, 0.1) is 11.8 Å². The molecular formula is C16H22FNO3. The van der Waals surface area contributed by atoms with Gasteiger partial charge in [0.2, 0.25) is 5.91 Å². The molecule has 2 unspecified atom stereocenters. The summed E-state index contributed by atoms with van der Waals surface area (Å²) in [6.45, 7) is 5.63. The van der Waals surface area contributed by atoms with Crippen molar-refractivity contribution in [1.29, 1.82) is 0 Å². The zero-order chi connectivity index (χ0) is 16.0. The van der Waals surface area contributed by atoms with Crippen molar-refractivity contribution in [3.8, 4) is 0 Å². The second-order valence-electron chi connectivity index (χ2n) is 5.69. The van der Waals surface area contributed by atoms with Crippen LogP contribution in [0.2, 0.25) is 0 Å². The highest BCUT2D eigenvalue weighted by molar-refractivity contribution is 5.83. The third kappa shape index (κ3) is 5.53. The molecule has 1 aromatic rings. The largest absolute Gasteiger partial charge is 0.481 e. The maximum absolute atomic E-state index is 13.1. The van der Waals surface area contributed by atoms with Crippen LogP contribution in [0.15, 0.2) is 24.3 Å². The molecule has 0 aliphatic rings. The molecule has 1 amide bonds. The van der Waals surface area contributed by atoms with Gasteiger partial charge in [0.25, 0.3) is 0 Å². The molecule has 0 heterocycles. The summed E-state index contributed by atoms with van der Waals surface area (Å²) in [6.07, 6.45) is 0.504. The van der Waals surface area contributed by atoms with Gasteiger partial charge in [0, 0.05) is 6.54 Å². The maximum atomic E-state index is 13.1. The number of halogens is 1. The molecule has 4 nitrogen and oxygen atoms in total. The van der Waals surface area contributed by atoms with E-state index in [2.05, 4.69) is 5.32 Å². The van der Waals surface area contributed by atoms with Gasteiger partial charge in [-0.05, 0) is 37.0 Å². The summed E-state index contributed by atoms with van der Waals surface area (Å²) in [7, 11) is 0. The number of carbonyl (C=O) groups excluding carboxylic acids is 1. The molecule has 0 saturated carbocycles. The first-order chi connectivity index (χ1) is 9.81. The van der Waals surface area contributed by atoms with Gasteiger partial charge in [-0.3, -0.25) is 9.59 Å². The summed E-state index contributed by atoms with van der Waals surface area (Å²) in [5.74, 6) is -2.49. The topological polar surface area (TPSA) is 66.4 Å². The van der Waals surface area contributed by atoms with Crippen LogP contribution in [0.4, 0.5) is 4.39 Å². The normalized spacial score (nSPS) is 13.8. The van der Waals surface area contributed by atoms with Crippen LogP contribution >= 0.6 is 0 Å². The summed E-state index contributed by atoms with van der Waals surface area (Å²) in [5.41, 5.74) is 0.572. The third-order valence-electron chi connectivity index (χ3n) is 3.37. The summed E-state index contributed by atoms with van der Waals surface area (Å²) in [6, 6.07) is 5.85. The van der Waals surface area contributed by atoms with E-state index in [1.807, 2.05) is 13.8 Å². The zero-order valence-corrected chi connectivity index (χ0v) is 12.6. The zero-order valence-electron chi connectivity index (χ0n) is 12.6. The second kappa shape index (κ2) is 7.76. The molecule has 0 aromatic heterocycles. The van der Waals surface area contributed by atoms with Gasteiger partial charge in [-0.25, -0.2) is 4.39 Å². The minimum absolute atomic E-state index is 0.0893. The van der Waals surface area contributed by atoms with Crippen LogP contribution in [0.5, 0.6) is 0 Å². The van der Waals surface area contributed by atoms with Crippen LogP contribution in [0.3, 0.4) is 0 Å². The number of carboxylic acids is 1. The number of rotatable bonds is 7. The van der Waals surface area contributed by atoms with Crippen molar-refractivity contribution in [3.05, 3.63) is 35.6 Å². The van der Waals surface area contributed by atoms with Gasteiger partial charge < -0.3 is 10.4 Å². The van der Waals surface area contributed by atoms with Gasteiger partial charge in [-0.2, -0.15) is 0 Å². The molecular weight excluding hydrogens is 273 g/mol. The highest BCUT2D eigenvalue weighted by Crippen LogP contribution is 2.17. The van der Waals surface area contributed by atoms with Gasteiger partial charge in [0.15, 0.2) is 0 Å². The predicted octanol–water partition coefficient (Wildman–Crippen LogP) is 2.79. The van der Waals surface area contributed by atoms with Crippen LogP contribution < -0.4 is 5.32 Å². The fourth-order valence-corrected chi connectivity index (χ4v) is 2.14. The Morgan fingerprint density at radius 1 is 1.29 bits per heavy atom. The van der Waals surface area contributed by atoms with E-state index in [0.717, 1.165) is 0 Å². The van der Waals surface area contributed by atoms with Gasteiger partial charge in [-0.15, -0.1) is 0 Å². The van der Waals surface area contributed by atoms with Gasteiger partial charge in [-0.1, -0.05) is 26.0 Å². The predicted molar refractivity (Wildman–Crippen MR) is 78.4 cm³/mol. The monoisotopic (exact) mass is 295 g/mol. The number of carboxylic acid groups (broad SMARTS) is 1. The number of amides is 1. The average Bonchev–Trinajstić information content (AvgIpc) is 2.41. The van der Waals surface area contributed by atoms with Gasteiger partial charge >= 0.3 is 5.97 Å². The van der Waals surface area contributed by atoms with Crippen molar-refractivity contribution >= 4 is 11.9 Å². The van der Waals surface area contributed by atoms with Crippen LogP contribution in [-0.4, -0.2) is 23.5 Å². The highest BCUT2D eigenvalue weighted by Gasteiger charge is 2.22. The van der Waals surface area contributed by atoms with E-state index in [1.54, 1.807) is 19.1 Å². The minimum atomic E-state index is -0.914. The molecule has 1 rings (SSSR count). The minimum Gasteiger partial charge on any atom is -0.481 e. The molecule has 0 aliphatic heterocycles. The Labute approximate surface area is 124 Å².